The summed E-state index contributed by atoms with van der Waals surface area (Å²) in [6, 6.07) is 14.2. The highest BCUT2D eigenvalue weighted by atomic mass is 19.4. The number of nitrogens with one attached hydrogen (secondary N) is 1. The second kappa shape index (κ2) is 8.23. The van der Waals surface area contributed by atoms with Gasteiger partial charge in [-0.1, -0.05) is 30.3 Å². The zero-order chi connectivity index (χ0) is 19.2. The average Bonchev–Trinajstić information content (AvgIpc) is 2.58. The van der Waals surface area contributed by atoms with Crippen LogP contribution >= 0.6 is 0 Å². The molecule has 1 amide bonds. The second-order valence-electron chi connectivity index (χ2n) is 6.24. The first-order chi connectivity index (χ1) is 12.1. The lowest BCUT2D eigenvalue weighted by molar-refractivity contribution is -0.274. The fourth-order valence-electron chi connectivity index (χ4n) is 2.33. The molecular formula is C19H20F3NO3. The van der Waals surface area contributed by atoms with Crippen molar-refractivity contribution in [2.45, 2.75) is 31.7 Å². The van der Waals surface area contributed by atoms with Crippen LogP contribution in [0.15, 0.2) is 54.6 Å². The SMILES string of the molecule is C[C@](O)(CCc1ccccc1)CNC(=O)c1ccc(OC(F)(F)F)cc1. The van der Waals surface area contributed by atoms with Gasteiger partial charge >= 0.3 is 6.36 Å². The Morgan fingerprint density at radius 3 is 2.27 bits per heavy atom. The predicted octanol–water partition coefficient (Wildman–Crippen LogP) is 3.70. The summed E-state index contributed by atoms with van der Waals surface area (Å²) >= 11 is 0. The van der Waals surface area contributed by atoms with Gasteiger partial charge in [-0.2, -0.15) is 0 Å². The van der Waals surface area contributed by atoms with Crippen LogP contribution in [0.2, 0.25) is 0 Å². The van der Waals surface area contributed by atoms with Crippen LogP contribution in [0.5, 0.6) is 5.75 Å². The molecule has 0 aliphatic rings. The number of hydrogen-bond donors (Lipinski definition) is 2. The second-order valence-corrected chi connectivity index (χ2v) is 6.24. The number of ether oxygens (including phenoxy) is 1. The van der Waals surface area contributed by atoms with Gasteiger partial charge in [-0.05, 0) is 49.6 Å². The number of aliphatic hydroxyl groups is 1. The van der Waals surface area contributed by atoms with Crippen LogP contribution in [-0.4, -0.2) is 29.5 Å². The number of benzene rings is 2. The molecule has 2 rings (SSSR count). The third-order valence-electron chi connectivity index (χ3n) is 3.77. The summed E-state index contributed by atoms with van der Waals surface area (Å²) in [5.74, 6) is -0.882. The normalized spacial score (nSPS) is 13.7. The highest BCUT2D eigenvalue weighted by molar-refractivity contribution is 5.94. The van der Waals surface area contributed by atoms with Crippen molar-refractivity contribution >= 4 is 5.91 Å². The summed E-state index contributed by atoms with van der Waals surface area (Å²) in [5.41, 5.74) is 0.155. The Hall–Kier alpha value is -2.54. The maximum absolute atomic E-state index is 12.1. The first-order valence-electron chi connectivity index (χ1n) is 8.05. The van der Waals surface area contributed by atoms with E-state index in [4.69, 9.17) is 0 Å². The number of carbonyl (C=O) groups is 1. The number of alkyl halides is 3. The molecule has 0 heterocycles. The molecule has 0 saturated carbocycles. The molecule has 4 nitrogen and oxygen atoms in total. The number of aryl methyl sites for hydroxylation is 1. The Morgan fingerprint density at radius 2 is 1.69 bits per heavy atom. The molecule has 0 bridgehead atoms. The van der Waals surface area contributed by atoms with E-state index in [2.05, 4.69) is 10.1 Å². The molecule has 0 fully saturated rings. The van der Waals surface area contributed by atoms with Gasteiger partial charge in [-0.25, -0.2) is 0 Å². The van der Waals surface area contributed by atoms with E-state index >= 15 is 0 Å². The number of carbonyl (C=O) groups excluding carboxylic acids is 1. The predicted molar refractivity (Wildman–Crippen MR) is 90.8 cm³/mol. The standard InChI is InChI=1S/C19H20F3NO3/c1-18(25,12-11-14-5-3-2-4-6-14)13-23-17(24)15-7-9-16(10-8-15)26-19(20,21)22/h2-10,25H,11-13H2,1H3,(H,23,24)/t18-/m0/s1. The summed E-state index contributed by atoms with van der Waals surface area (Å²) in [6.45, 7) is 1.65. The summed E-state index contributed by atoms with van der Waals surface area (Å²) < 4.78 is 40.1. The molecule has 26 heavy (non-hydrogen) atoms. The van der Waals surface area contributed by atoms with E-state index in [1.165, 1.54) is 12.1 Å². The molecule has 2 aromatic rings. The van der Waals surface area contributed by atoms with Gasteiger partial charge in [0.05, 0.1) is 5.60 Å². The molecule has 2 N–H and O–H groups in total. The van der Waals surface area contributed by atoms with Gasteiger partial charge in [0.25, 0.3) is 5.91 Å². The van der Waals surface area contributed by atoms with Gasteiger partial charge in [0.15, 0.2) is 0 Å². The largest absolute Gasteiger partial charge is 0.573 e. The fourth-order valence-corrected chi connectivity index (χ4v) is 2.33. The van der Waals surface area contributed by atoms with Gasteiger partial charge in [0.2, 0.25) is 0 Å². The minimum absolute atomic E-state index is 0.0273. The number of amides is 1. The van der Waals surface area contributed by atoms with Gasteiger partial charge in [-0.15, -0.1) is 13.2 Å². The smallest absolute Gasteiger partial charge is 0.406 e. The van der Waals surface area contributed by atoms with E-state index < -0.39 is 23.6 Å². The molecule has 0 radical (unpaired) electrons. The van der Waals surface area contributed by atoms with Crippen LogP contribution in [0.1, 0.15) is 29.3 Å². The van der Waals surface area contributed by atoms with Crippen LogP contribution in [0.4, 0.5) is 13.2 Å². The van der Waals surface area contributed by atoms with Gasteiger partial charge < -0.3 is 15.2 Å². The van der Waals surface area contributed by atoms with Crippen molar-refractivity contribution in [1.82, 2.24) is 5.32 Å². The molecule has 1 atom stereocenters. The Balaban J connectivity index is 1.84. The zero-order valence-corrected chi connectivity index (χ0v) is 14.2. The molecule has 0 aliphatic heterocycles. The molecule has 0 aliphatic carbocycles. The molecule has 140 valence electrons. The molecule has 7 heteroatoms. The van der Waals surface area contributed by atoms with Crippen LogP contribution in [0.3, 0.4) is 0 Å². The third kappa shape index (κ3) is 6.76. The lowest BCUT2D eigenvalue weighted by Gasteiger charge is -2.23. The molecule has 0 saturated heterocycles. The van der Waals surface area contributed by atoms with Crippen LogP contribution in [-0.2, 0) is 6.42 Å². The topological polar surface area (TPSA) is 58.6 Å². The van der Waals surface area contributed by atoms with Crippen molar-refractivity contribution < 1.29 is 27.8 Å². The molecule has 0 aromatic heterocycles. The number of halogens is 3. The maximum Gasteiger partial charge on any atom is 0.573 e. The van der Waals surface area contributed by atoms with Crippen molar-refractivity contribution in [3.8, 4) is 5.75 Å². The highest BCUT2D eigenvalue weighted by Gasteiger charge is 2.31. The quantitative estimate of drug-likeness (QED) is 0.785. The van der Waals surface area contributed by atoms with Crippen molar-refractivity contribution in [1.29, 1.82) is 0 Å². The van der Waals surface area contributed by atoms with Crippen LogP contribution in [0, 0.1) is 0 Å². The Labute approximate surface area is 149 Å². The van der Waals surface area contributed by atoms with Crippen LogP contribution < -0.4 is 10.1 Å². The molecule has 0 spiro atoms. The van der Waals surface area contributed by atoms with Crippen molar-refractivity contribution in [2.24, 2.45) is 0 Å². The van der Waals surface area contributed by atoms with E-state index in [1.807, 2.05) is 30.3 Å². The summed E-state index contributed by atoms with van der Waals surface area (Å²) in [7, 11) is 0. The van der Waals surface area contributed by atoms with Crippen LogP contribution in [0.25, 0.3) is 0 Å². The van der Waals surface area contributed by atoms with E-state index in [0.717, 1.165) is 17.7 Å². The lowest BCUT2D eigenvalue weighted by atomic mass is 9.96. The molecule has 2 aromatic carbocycles. The van der Waals surface area contributed by atoms with Gasteiger partial charge in [0, 0.05) is 12.1 Å². The van der Waals surface area contributed by atoms with E-state index in [0.29, 0.717) is 12.8 Å². The lowest BCUT2D eigenvalue weighted by Crippen LogP contribution is -2.41. The monoisotopic (exact) mass is 367 g/mol. The van der Waals surface area contributed by atoms with E-state index in [1.54, 1.807) is 6.92 Å². The average molecular weight is 367 g/mol. The van der Waals surface area contributed by atoms with Crippen molar-refractivity contribution in [3.63, 3.8) is 0 Å². The third-order valence-corrected chi connectivity index (χ3v) is 3.77. The van der Waals surface area contributed by atoms with E-state index in [-0.39, 0.29) is 12.1 Å². The fraction of sp³-hybridized carbons (Fsp3) is 0.316. The zero-order valence-electron chi connectivity index (χ0n) is 14.2. The minimum atomic E-state index is -4.78. The Morgan fingerprint density at radius 1 is 1.08 bits per heavy atom. The number of rotatable bonds is 7. The number of hydrogen-bond acceptors (Lipinski definition) is 3. The first kappa shape index (κ1) is 19.8. The summed E-state index contributed by atoms with van der Waals surface area (Å²) in [5, 5.41) is 13.0. The summed E-state index contributed by atoms with van der Waals surface area (Å²) in [4.78, 5) is 12.1. The Kier molecular flexibility index (Phi) is 6.26. The summed E-state index contributed by atoms with van der Waals surface area (Å²) in [6.07, 6.45) is -3.66. The maximum atomic E-state index is 12.1. The molecule has 0 unspecified atom stereocenters. The first-order valence-corrected chi connectivity index (χ1v) is 8.05. The van der Waals surface area contributed by atoms with Gasteiger partial charge in [-0.3, -0.25) is 4.79 Å². The minimum Gasteiger partial charge on any atom is -0.406 e. The molecular weight excluding hydrogens is 347 g/mol. The van der Waals surface area contributed by atoms with Crippen molar-refractivity contribution in [2.75, 3.05) is 6.54 Å². The van der Waals surface area contributed by atoms with Gasteiger partial charge in [0.1, 0.15) is 5.75 Å². The highest BCUT2D eigenvalue weighted by Crippen LogP contribution is 2.22. The Bertz CT molecular complexity index is 713. The van der Waals surface area contributed by atoms with Crippen molar-refractivity contribution in [3.05, 3.63) is 65.7 Å². The van der Waals surface area contributed by atoms with E-state index in [9.17, 15) is 23.1 Å².